The Morgan fingerprint density at radius 3 is 2.55 bits per heavy atom. The quantitative estimate of drug-likeness (QED) is 0.767. The van der Waals surface area contributed by atoms with Crippen LogP contribution >= 0.6 is 12.4 Å². The minimum absolute atomic E-state index is 0. The summed E-state index contributed by atoms with van der Waals surface area (Å²) in [5.74, 6) is 1.03. The fraction of sp³-hybridized carbons (Fsp3) is 0.857. The number of aromatic nitrogens is 4. The zero-order chi connectivity index (χ0) is 14.3. The molecule has 1 spiro atoms. The lowest BCUT2D eigenvalue weighted by atomic mass is 9.90. The first-order valence-corrected chi connectivity index (χ1v) is 8.01. The van der Waals surface area contributed by atoms with Crippen LogP contribution in [0.1, 0.15) is 50.8 Å². The van der Waals surface area contributed by atoms with E-state index in [1.807, 2.05) is 0 Å². The molecule has 2 saturated carbocycles. The minimum atomic E-state index is -0.388. The van der Waals surface area contributed by atoms with Crippen molar-refractivity contribution in [3.05, 3.63) is 5.82 Å². The molecular weight excluding hydrogens is 304 g/mol. The Morgan fingerprint density at radius 2 is 1.91 bits per heavy atom. The Labute approximate surface area is 135 Å². The van der Waals surface area contributed by atoms with Crippen LogP contribution in [0.2, 0.25) is 0 Å². The molecule has 1 atom stereocenters. The van der Waals surface area contributed by atoms with Crippen LogP contribution in [0.3, 0.4) is 0 Å². The lowest BCUT2D eigenvalue weighted by Gasteiger charge is -2.28. The van der Waals surface area contributed by atoms with Crippen molar-refractivity contribution in [3.63, 3.8) is 0 Å². The van der Waals surface area contributed by atoms with Crippen LogP contribution in [0, 0.1) is 11.3 Å². The zero-order valence-electron chi connectivity index (χ0n) is 12.6. The molecule has 3 fully saturated rings. The van der Waals surface area contributed by atoms with Crippen molar-refractivity contribution in [3.8, 4) is 0 Å². The van der Waals surface area contributed by atoms with E-state index in [9.17, 15) is 4.79 Å². The number of H-pyrrole nitrogens is 1. The largest absolute Gasteiger partial charge is 0.343 e. The summed E-state index contributed by atoms with van der Waals surface area (Å²) in [4.78, 5) is 12.7. The first kappa shape index (κ1) is 15.7. The maximum atomic E-state index is 12.7. The van der Waals surface area contributed by atoms with Crippen molar-refractivity contribution < 1.29 is 4.79 Å². The van der Waals surface area contributed by atoms with Gasteiger partial charge in [-0.15, -0.1) is 22.6 Å². The number of amides is 1. The third kappa shape index (κ3) is 2.50. The molecule has 2 heterocycles. The van der Waals surface area contributed by atoms with E-state index in [2.05, 4.69) is 31.3 Å². The van der Waals surface area contributed by atoms with E-state index < -0.39 is 0 Å². The molecule has 1 aromatic heterocycles. The van der Waals surface area contributed by atoms with E-state index in [1.165, 1.54) is 0 Å². The molecule has 1 unspecified atom stereocenters. The molecule has 1 aromatic rings. The van der Waals surface area contributed by atoms with Gasteiger partial charge in [-0.1, -0.05) is 18.1 Å². The normalized spacial score (nSPS) is 28.1. The number of hydrogen-bond acceptors (Lipinski definition) is 5. The Balaban J connectivity index is 0.00000144. The van der Waals surface area contributed by atoms with Crippen molar-refractivity contribution in [1.82, 2.24) is 31.3 Å². The van der Waals surface area contributed by atoms with Crippen LogP contribution in [0.25, 0.3) is 0 Å². The number of carbonyl (C=O) groups excluding carboxylic acids is 1. The highest BCUT2D eigenvalue weighted by atomic mass is 35.5. The second kappa shape index (κ2) is 5.77. The molecule has 0 aromatic carbocycles. The van der Waals surface area contributed by atoms with Gasteiger partial charge < -0.3 is 10.6 Å². The number of halogens is 1. The molecular formula is C14H23ClN6O. The lowest BCUT2D eigenvalue weighted by Crippen LogP contribution is -2.46. The molecule has 8 heteroatoms. The molecule has 1 aliphatic heterocycles. The second-order valence-corrected chi connectivity index (χ2v) is 6.88. The molecule has 0 bridgehead atoms. The Morgan fingerprint density at radius 1 is 1.18 bits per heavy atom. The number of piperidine rings is 1. The van der Waals surface area contributed by atoms with Crippen molar-refractivity contribution >= 4 is 18.3 Å². The predicted molar refractivity (Wildman–Crippen MR) is 82.4 cm³/mol. The first-order chi connectivity index (χ1) is 10.2. The number of rotatable bonds is 3. The van der Waals surface area contributed by atoms with Gasteiger partial charge in [0, 0.05) is 5.92 Å². The highest BCUT2D eigenvalue weighted by Gasteiger charge is 2.58. The van der Waals surface area contributed by atoms with Crippen molar-refractivity contribution in [2.45, 2.75) is 50.5 Å². The van der Waals surface area contributed by atoms with Crippen molar-refractivity contribution in [2.24, 2.45) is 11.3 Å². The highest BCUT2D eigenvalue weighted by molar-refractivity contribution is 5.85. The van der Waals surface area contributed by atoms with Gasteiger partial charge in [0.25, 0.3) is 0 Å². The fourth-order valence-corrected chi connectivity index (χ4v) is 4.27. The number of carbonyl (C=O) groups is 1. The van der Waals surface area contributed by atoms with Gasteiger partial charge in [-0.05, 0) is 50.6 Å². The van der Waals surface area contributed by atoms with Gasteiger partial charge in [0.05, 0.1) is 0 Å². The van der Waals surface area contributed by atoms with Gasteiger partial charge in [-0.2, -0.15) is 5.21 Å². The molecule has 4 rings (SSSR count). The number of aromatic amines is 1. The lowest BCUT2D eigenvalue weighted by molar-refractivity contribution is -0.125. The summed E-state index contributed by atoms with van der Waals surface area (Å²) in [6.45, 7) is 2.08. The van der Waals surface area contributed by atoms with Crippen LogP contribution in [0.4, 0.5) is 0 Å². The van der Waals surface area contributed by atoms with E-state index >= 15 is 0 Å². The summed E-state index contributed by atoms with van der Waals surface area (Å²) >= 11 is 0. The van der Waals surface area contributed by atoms with Crippen LogP contribution in [-0.4, -0.2) is 39.6 Å². The average molecular weight is 327 g/mol. The van der Waals surface area contributed by atoms with Gasteiger partial charge >= 0.3 is 0 Å². The Hall–Kier alpha value is -1.21. The monoisotopic (exact) mass is 326 g/mol. The summed E-state index contributed by atoms with van der Waals surface area (Å²) in [6, 6.07) is 0. The molecule has 3 aliphatic rings. The number of hydrogen-bond donors (Lipinski definition) is 3. The van der Waals surface area contributed by atoms with E-state index in [1.54, 1.807) is 0 Å². The molecule has 1 saturated heterocycles. The first-order valence-electron chi connectivity index (χ1n) is 8.01. The van der Waals surface area contributed by atoms with Crippen LogP contribution in [-0.2, 0) is 10.3 Å². The molecule has 1 amide bonds. The van der Waals surface area contributed by atoms with Crippen molar-refractivity contribution in [2.75, 3.05) is 13.1 Å². The van der Waals surface area contributed by atoms with Gasteiger partial charge in [0.2, 0.25) is 5.91 Å². The fourth-order valence-electron chi connectivity index (χ4n) is 4.27. The van der Waals surface area contributed by atoms with Gasteiger partial charge in [0.15, 0.2) is 5.82 Å². The summed E-state index contributed by atoms with van der Waals surface area (Å²) in [5, 5.41) is 21.1. The molecule has 0 radical (unpaired) electrons. The van der Waals surface area contributed by atoms with E-state index in [0.29, 0.717) is 5.82 Å². The van der Waals surface area contributed by atoms with E-state index in [4.69, 9.17) is 0 Å². The van der Waals surface area contributed by atoms with Crippen LogP contribution in [0.15, 0.2) is 0 Å². The van der Waals surface area contributed by atoms with Gasteiger partial charge in [-0.25, -0.2) is 0 Å². The predicted octanol–water partition coefficient (Wildman–Crippen LogP) is 0.897. The molecule has 3 N–H and O–H groups in total. The summed E-state index contributed by atoms with van der Waals surface area (Å²) in [6.07, 6.45) is 7.34. The standard InChI is InChI=1S/C14H22N6O.ClH/c21-11(10-9-13(10)5-7-15-8-6-13)16-14(3-1-2-4-14)12-17-19-20-18-12;/h10,15H,1-9H2,(H,16,21)(H,17,18,19,20);1H. The highest BCUT2D eigenvalue weighted by Crippen LogP contribution is 2.59. The van der Waals surface area contributed by atoms with Gasteiger partial charge in [-0.3, -0.25) is 4.79 Å². The Bertz CT molecular complexity index is 521. The van der Waals surface area contributed by atoms with Crippen LogP contribution in [0.5, 0.6) is 0 Å². The molecule has 122 valence electrons. The van der Waals surface area contributed by atoms with E-state index in [-0.39, 0.29) is 35.2 Å². The van der Waals surface area contributed by atoms with Crippen molar-refractivity contribution in [1.29, 1.82) is 0 Å². The topological polar surface area (TPSA) is 95.6 Å². The van der Waals surface area contributed by atoms with Gasteiger partial charge in [0.1, 0.15) is 5.54 Å². The number of nitrogens with one attached hydrogen (secondary N) is 3. The number of nitrogens with zero attached hydrogens (tertiary/aromatic N) is 3. The average Bonchev–Trinajstić information content (AvgIpc) is 2.95. The second-order valence-electron chi connectivity index (χ2n) is 6.88. The minimum Gasteiger partial charge on any atom is -0.343 e. The Kier molecular flexibility index (Phi) is 4.11. The third-order valence-corrected chi connectivity index (χ3v) is 5.70. The maximum Gasteiger partial charge on any atom is 0.224 e. The molecule has 2 aliphatic carbocycles. The summed E-state index contributed by atoms with van der Waals surface area (Å²) in [5.41, 5.74) is -0.118. The molecule has 7 nitrogen and oxygen atoms in total. The maximum absolute atomic E-state index is 12.7. The summed E-state index contributed by atoms with van der Waals surface area (Å²) in [7, 11) is 0. The smallest absolute Gasteiger partial charge is 0.224 e. The zero-order valence-corrected chi connectivity index (χ0v) is 13.4. The number of tetrazole rings is 1. The SMILES string of the molecule is Cl.O=C(NC1(c2nn[nH]n2)CCCC1)C1CC12CCNCC2. The van der Waals surface area contributed by atoms with Crippen LogP contribution < -0.4 is 10.6 Å². The summed E-state index contributed by atoms with van der Waals surface area (Å²) < 4.78 is 0. The van der Waals surface area contributed by atoms with E-state index in [0.717, 1.165) is 58.0 Å². The molecule has 22 heavy (non-hydrogen) atoms. The third-order valence-electron chi connectivity index (χ3n) is 5.70.